The van der Waals surface area contributed by atoms with E-state index in [4.69, 9.17) is 0 Å². The van der Waals surface area contributed by atoms with Crippen molar-refractivity contribution >= 4 is 0 Å². The zero-order valence-corrected chi connectivity index (χ0v) is 10.8. The average molecular weight is 213 g/mol. The number of piperazine rings is 1. The van der Waals surface area contributed by atoms with Gasteiger partial charge in [0.05, 0.1) is 0 Å². The molecule has 0 aromatic carbocycles. The lowest BCUT2D eigenvalue weighted by atomic mass is 10.2. The van der Waals surface area contributed by atoms with Crippen molar-refractivity contribution in [3.63, 3.8) is 0 Å². The Bertz CT molecular complexity index is 170. The maximum Gasteiger partial charge on any atom is 0.0192 e. The van der Waals surface area contributed by atoms with Crippen molar-refractivity contribution < 1.29 is 0 Å². The van der Waals surface area contributed by atoms with Gasteiger partial charge >= 0.3 is 0 Å². The van der Waals surface area contributed by atoms with Crippen molar-refractivity contribution in [1.82, 2.24) is 15.1 Å². The third-order valence-corrected chi connectivity index (χ3v) is 3.20. The van der Waals surface area contributed by atoms with E-state index in [1.54, 1.807) is 0 Å². The lowest BCUT2D eigenvalue weighted by Gasteiger charge is -2.37. The quantitative estimate of drug-likeness (QED) is 0.684. The molecule has 1 N–H and O–H groups in total. The van der Waals surface area contributed by atoms with Crippen LogP contribution < -0.4 is 5.32 Å². The summed E-state index contributed by atoms with van der Waals surface area (Å²) in [5, 5.41) is 3.50. The van der Waals surface area contributed by atoms with Crippen molar-refractivity contribution in [2.75, 3.05) is 46.3 Å². The zero-order chi connectivity index (χ0) is 11.3. The molecular formula is C12H27N3. The SMILES string of the molecule is CC(C)CNCCN1CCN(C)C(C)C1. The van der Waals surface area contributed by atoms with Crippen LogP contribution in [-0.2, 0) is 0 Å². The van der Waals surface area contributed by atoms with Gasteiger partial charge in [0.1, 0.15) is 0 Å². The summed E-state index contributed by atoms with van der Waals surface area (Å²) in [6, 6.07) is 0.712. The molecule has 0 aromatic rings. The van der Waals surface area contributed by atoms with Crippen LogP contribution in [0.1, 0.15) is 20.8 Å². The normalized spacial score (nSPS) is 25.0. The van der Waals surface area contributed by atoms with E-state index in [-0.39, 0.29) is 0 Å². The van der Waals surface area contributed by atoms with Crippen LogP contribution in [0.25, 0.3) is 0 Å². The van der Waals surface area contributed by atoms with Crippen LogP contribution in [0.3, 0.4) is 0 Å². The molecule has 1 heterocycles. The lowest BCUT2D eigenvalue weighted by Crippen LogP contribution is -2.51. The minimum atomic E-state index is 0.712. The Morgan fingerprint density at radius 1 is 1.33 bits per heavy atom. The predicted octanol–water partition coefficient (Wildman–Crippen LogP) is 0.868. The first-order valence-corrected chi connectivity index (χ1v) is 6.23. The predicted molar refractivity (Wildman–Crippen MR) is 66.2 cm³/mol. The summed E-state index contributed by atoms with van der Waals surface area (Å²) in [5.41, 5.74) is 0. The van der Waals surface area contributed by atoms with Crippen LogP contribution in [0.4, 0.5) is 0 Å². The van der Waals surface area contributed by atoms with Crippen LogP contribution in [0.5, 0.6) is 0 Å². The Labute approximate surface area is 94.8 Å². The minimum Gasteiger partial charge on any atom is -0.315 e. The van der Waals surface area contributed by atoms with Crippen molar-refractivity contribution in [3.05, 3.63) is 0 Å². The Morgan fingerprint density at radius 3 is 2.67 bits per heavy atom. The monoisotopic (exact) mass is 213 g/mol. The van der Waals surface area contributed by atoms with Crippen molar-refractivity contribution in [1.29, 1.82) is 0 Å². The molecule has 0 radical (unpaired) electrons. The van der Waals surface area contributed by atoms with E-state index >= 15 is 0 Å². The average Bonchev–Trinajstić information content (AvgIpc) is 2.18. The highest BCUT2D eigenvalue weighted by Gasteiger charge is 2.19. The third-order valence-electron chi connectivity index (χ3n) is 3.20. The van der Waals surface area contributed by atoms with E-state index in [1.807, 2.05) is 0 Å². The first-order valence-electron chi connectivity index (χ1n) is 6.23. The molecule has 1 fully saturated rings. The topological polar surface area (TPSA) is 18.5 Å². The van der Waals surface area contributed by atoms with Crippen LogP contribution in [0.15, 0.2) is 0 Å². The number of rotatable bonds is 5. The molecule has 3 heteroatoms. The highest BCUT2D eigenvalue weighted by Crippen LogP contribution is 2.05. The summed E-state index contributed by atoms with van der Waals surface area (Å²) in [6.07, 6.45) is 0. The first kappa shape index (κ1) is 12.9. The van der Waals surface area contributed by atoms with Gasteiger partial charge in [-0.25, -0.2) is 0 Å². The highest BCUT2D eigenvalue weighted by molar-refractivity contribution is 4.76. The molecule has 0 amide bonds. The minimum absolute atomic E-state index is 0.712. The van der Waals surface area contributed by atoms with Gasteiger partial charge in [0.15, 0.2) is 0 Å². The Kier molecular flexibility index (Phi) is 5.58. The van der Waals surface area contributed by atoms with Gasteiger partial charge in [0, 0.05) is 38.8 Å². The maximum atomic E-state index is 3.50. The van der Waals surface area contributed by atoms with E-state index in [1.165, 1.54) is 26.2 Å². The van der Waals surface area contributed by atoms with Gasteiger partial charge in [-0.1, -0.05) is 13.8 Å². The lowest BCUT2D eigenvalue weighted by molar-refractivity contribution is 0.106. The van der Waals surface area contributed by atoms with E-state index < -0.39 is 0 Å². The number of likely N-dealkylation sites (N-methyl/N-ethyl adjacent to an activating group) is 1. The molecular weight excluding hydrogens is 186 g/mol. The number of hydrogen-bond acceptors (Lipinski definition) is 3. The molecule has 1 saturated heterocycles. The van der Waals surface area contributed by atoms with E-state index in [0.29, 0.717) is 6.04 Å². The fourth-order valence-electron chi connectivity index (χ4n) is 1.95. The summed E-state index contributed by atoms with van der Waals surface area (Å²) < 4.78 is 0. The van der Waals surface area contributed by atoms with Gasteiger partial charge in [-0.15, -0.1) is 0 Å². The van der Waals surface area contributed by atoms with Crippen LogP contribution in [0, 0.1) is 5.92 Å². The van der Waals surface area contributed by atoms with Crippen LogP contribution >= 0.6 is 0 Å². The summed E-state index contributed by atoms with van der Waals surface area (Å²) in [4.78, 5) is 5.01. The van der Waals surface area contributed by atoms with Crippen LogP contribution in [-0.4, -0.2) is 62.2 Å². The summed E-state index contributed by atoms with van der Waals surface area (Å²) in [7, 11) is 2.22. The number of hydrogen-bond donors (Lipinski definition) is 1. The molecule has 90 valence electrons. The van der Waals surface area contributed by atoms with Gasteiger partial charge in [-0.05, 0) is 26.4 Å². The van der Waals surface area contributed by atoms with Crippen molar-refractivity contribution in [2.24, 2.45) is 5.92 Å². The molecule has 0 spiro atoms. The van der Waals surface area contributed by atoms with E-state index in [9.17, 15) is 0 Å². The Hall–Kier alpha value is -0.120. The molecule has 1 unspecified atom stereocenters. The smallest absolute Gasteiger partial charge is 0.0192 e. The maximum absolute atomic E-state index is 3.50. The van der Waals surface area contributed by atoms with Gasteiger partial charge in [0.25, 0.3) is 0 Å². The molecule has 1 aliphatic heterocycles. The second-order valence-electron chi connectivity index (χ2n) is 5.23. The fourth-order valence-corrected chi connectivity index (χ4v) is 1.95. The highest BCUT2D eigenvalue weighted by atomic mass is 15.3. The van der Waals surface area contributed by atoms with Gasteiger partial charge in [-0.2, -0.15) is 0 Å². The molecule has 0 aromatic heterocycles. The second-order valence-corrected chi connectivity index (χ2v) is 5.23. The van der Waals surface area contributed by atoms with E-state index in [2.05, 4.69) is 42.9 Å². The Balaban J connectivity index is 2.07. The number of nitrogens with one attached hydrogen (secondary N) is 1. The summed E-state index contributed by atoms with van der Waals surface area (Å²) >= 11 is 0. The van der Waals surface area contributed by atoms with Crippen molar-refractivity contribution in [2.45, 2.75) is 26.8 Å². The molecule has 1 rings (SSSR count). The van der Waals surface area contributed by atoms with Crippen molar-refractivity contribution in [3.8, 4) is 0 Å². The van der Waals surface area contributed by atoms with Gasteiger partial charge < -0.3 is 10.2 Å². The molecule has 0 saturated carbocycles. The molecule has 1 atom stereocenters. The number of nitrogens with zero attached hydrogens (tertiary/aromatic N) is 2. The molecule has 3 nitrogen and oxygen atoms in total. The Morgan fingerprint density at radius 2 is 2.07 bits per heavy atom. The fraction of sp³-hybridized carbons (Fsp3) is 1.00. The van der Waals surface area contributed by atoms with Crippen LogP contribution in [0.2, 0.25) is 0 Å². The largest absolute Gasteiger partial charge is 0.315 e. The van der Waals surface area contributed by atoms with Gasteiger partial charge in [-0.3, -0.25) is 4.90 Å². The summed E-state index contributed by atoms with van der Waals surface area (Å²) in [5.74, 6) is 0.761. The molecule has 0 bridgehead atoms. The zero-order valence-electron chi connectivity index (χ0n) is 10.8. The van der Waals surface area contributed by atoms with Gasteiger partial charge in [0.2, 0.25) is 0 Å². The van der Waals surface area contributed by atoms with E-state index in [0.717, 1.165) is 19.0 Å². The third kappa shape index (κ3) is 4.96. The summed E-state index contributed by atoms with van der Waals surface area (Å²) in [6.45, 7) is 14.0. The second kappa shape index (κ2) is 6.46. The molecule has 15 heavy (non-hydrogen) atoms. The first-order chi connectivity index (χ1) is 7.09. The molecule has 1 aliphatic rings. The standard InChI is InChI=1S/C12H27N3/c1-11(2)9-13-5-6-15-8-7-14(4)12(3)10-15/h11-13H,5-10H2,1-4H3. The molecule has 0 aliphatic carbocycles.